The van der Waals surface area contributed by atoms with Gasteiger partial charge in [0.25, 0.3) is 0 Å². The van der Waals surface area contributed by atoms with Crippen molar-refractivity contribution in [2.24, 2.45) is 0 Å². The summed E-state index contributed by atoms with van der Waals surface area (Å²) >= 11 is 1.66. The van der Waals surface area contributed by atoms with Crippen molar-refractivity contribution in [3.63, 3.8) is 0 Å². The summed E-state index contributed by atoms with van der Waals surface area (Å²) in [7, 11) is 1.67. The molecule has 2 amide bonds. The molecule has 1 atom stereocenters. The number of thiophene rings is 1. The van der Waals surface area contributed by atoms with Gasteiger partial charge in [-0.1, -0.05) is 0 Å². The number of fused-ring (bicyclic) bond motifs is 1. The molecule has 27 heavy (non-hydrogen) atoms. The quantitative estimate of drug-likeness (QED) is 0.662. The van der Waals surface area contributed by atoms with Gasteiger partial charge in [-0.15, -0.1) is 0 Å². The molecule has 1 N–H and O–H groups in total. The molecular formula is C19H23N5O2S. The van der Waals surface area contributed by atoms with Gasteiger partial charge in [-0.2, -0.15) is 11.3 Å². The normalized spacial score (nSPS) is 16.9. The molecule has 8 heteroatoms. The third-order valence-corrected chi connectivity index (χ3v) is 5.53. The number of hydrogen-bond acceptors (Lipinski definition) is 5. The SMILES string of the molecule is COCCCNC(=O)N1CCC(n2c(-c3ccsc3)nc3cccnc32)C1. The van der Waals surface area contributed by atoms with Crippen molar-refractivity contribution in [3.05, 3.63) is 35.2 Å². The fourth-order valence-electron chi connectivity index (χ4n) is 3.53. The fourth-order valence-corrected chi connectivity index (χ4v) is 4.17. The lowest BCUT2D eigenvalue weighted by Gasteiger charge is -2.19. The first-order valence-electron chi connectivity index (χ1n) is 9.15. The van der Waals surface area contributed by atoms with E-state index in [2.05, 4.69) is 31.7 Å². The molecule has 3 aromatic rings. The molecule has 3 aromatic heterocycles. The molecule has 7 nitrogen and oxygen atoms in total. The molecule has 4 heterocycles. The second kappa shape index (κ2) is 8.06. The number of carbonyl (C=O) groups is 1. The standard InChI is InChI=1S/C19H23N5O2S/c1-26-10-3-8-21-19(25)23-9-5-15(12-23)24-17(14-6-11-27-13-14)22-16-4-2-7-20-18(16)24/h2,4,6-7,11,13,15H,3,5,8-10,12H2,1H3,(H,21,25). The summed E-state index contributed by atoms with van der Waals surface area (Å²) in [4.78, 5) is 23.7. The maximum Gasteiger partial charge on any atom is 0.317 e. The second-order valence-electron chi connectivity index (χ2n) is 6.63. The smallest absolute Gasteiger partial charge is 0.317 e. The van der Waals surface area contributed by atoms with Crippen LogP contribution in [0.4, 0.5) is 4.79 Å². The highest BCUT2D eigenvalue weighted by atomic mass is 32.1. The molecule has 0 aromatic carbocycles. The average molecular weight is 385 g/mol. The fraction of sp³-hybridized carbons (Fsp3) is 0.421. The highest BCUT2D eigenvalue weighted by molar-refractivity contribution is 7.08. The summed E-state index contributed by atoms with van der Waals surface area (Å²) in [6.07, 6.45) is 3.51. The van der Waals surface area contributed by atoms with Gasteiger partial charge in [-0.3, -0.25) is 0 Å². The maximum atomic E-state index is 12.4. The van der Waals surface area contributed by atoms with Gasteiger partial charge in [-0.05, 0) is 36.4 Å². The Morgan fingerprint density at radius 1 is 1.44 bits per heavy atom. The number of carbonyl (C=O) groups excluding carboxylic acids is 1. The number of rotatable bonds is 6. The van der Waals surface area contributed by atoms with Crippen molar-refractivity contribution in [2.75, 3.05) is 33.4 Å². The minimum Gasteiger partial charge on any atom is -0.385 e. The lowest BCUT2D eigenvalue weighted by molar-refractivity contribution is 0.188. The van der Waals surface area contributed by atoms with Gasteiger partial charge < -0.3 is 19.5 Å². The average Bonchev–Trinajstić information content (AvgIpc) is 3.43. The molecule has 0 bridgehead atoms. The molecular weight excluding hydrogens is 362 g/mol. The van der Waals surface area contributed by atoms with E-state index >= 15 is 0 Å². The number of hydrogen-bond donors (Lipinski definition) is 1. The van der Waals surface area contributed by atoms with Crippen LogP contribution in [0.1, 0.15) is 18.9 Å². The molecule has 0 radical (unpaired) electrons. The first-order chi connectivity index (χ1) is 13.3. The Morgan fingerprint density at radius 3 is 3.19 bits per heavy atom. The Morgan fingerprint density at radius 2 is 2.37 bits per heavy atom. The zero-order valence-electron chi connectivity index (χ0n) is 15.3. The molecule has 1 unspecified atom stereocenters. The summed E-state index contributed by atoms with van der Waals surface area (Å²) < 4.78 is 7.23. The Kier molecular flexibility index (Phi) is 5.35. The van der Waals surface area contributed by atoms with Crippen molar-refractivity contribution in [3.8, 4) is 11.4 Å². The first kappa shape index (κ1) is 17.9. The van der Waals surface area contributed by atoms with E-state index in [0.29, 0.717) is 19.7 Å². The first-order valence-corrected chi connectivity index (χ1v) is 10.1. The number of methoxy groups -OCH3 is 1. The summed E-state index contributed by atoms with van der Waals surface area (Å²) in [5.41, 5.74) is 2.87. The van der Waals surface area contributed by atoms with Gasteiger partial charge in [0.2, 0.25) is 0 Å². The van der Waals surface area contributed by atoms with Crippen molar-refractivity contribution in [1.82, 2.24) is 24.8 Å². The Balaban J connectivity index is 1.55. The van der Waals surface area contributed by atoms with Gasteiger partial charge in [0.15, 0.2) is 5.65 Å². The number of amides is 2. The zero-order chi connectivity index (χ0) is 18.6. The number of pyridine rings is 1. The third kappa shape index (κ3) is 3.68. The van der Waals surface area contributed by atoms with E-state index < -0.39 is 0 Å². The molecule has 1 saturated heterocycles. The van der Waals surface area contributed by atoms with Crippen LogP contribution in [0, 0.1) is 0 Å². The van der Waals surface area contributed by atoms with E-state index in [1.54, 1.807) is 24.6 Å². The van der Waals surface area contributed by atoms with E-state index in [1.807, 2.05) is 17.0 Å². The highest BCUT2D eigenvalue weighted by Crippen LogP contribution is 2.32. The number of nitrogens with one attached hydrogen (secondary N) is 1. The summed E-state index contributed by atoms with van der Waals surface area (Å²) in [6.45, 7) is 2.68. The minimum absolute atomic E-state index is 0.0110. The van der Waals surface area contributed by atoms with Crippen molar-refractivity contribution in [1.29, 1.82) is 0 Å². The van der Waals surface area contributed by atoms with Crippen LogP contribution in [-0.2, 0) is 4.74 Å². The van der Waals surface area contributed by atoms with Gasteiger partial charge in [0, 0.05) is 50.5 Å². The highest BCUT2D eigenvalue weighted by Gasteiger charge is 2.30. The maximum absolute atomic E-state index is 12.4. The Bertz CT molecular complexity index is 908. The molecule has 0 aliphatic carbocycles. The third-order valence-electron chi connectivity index (χ3n) is 4.85. The largest absolute Gasteiger partial charge is 0.385 e. The number of nitrogens with zero attached hydrogens (tertiary/aromatic N) is 4. The van der Waals surface area contributed by atoms with E-state index in [0.717, 1.165) is 41.9 Å². The van der Waals surface area contributed by atoms with Crippen LogP contribution in [0.15, 0.2) is 35.2 Å². The minimum atomic E-state index is -0.0110. The van der Waals surface area contributed by atoms with Crippen molar-refractivity contribution in [2.45, 2.75) is 18.9 Å². The van der Waals surface area contributed by atoms with Crippen LogP contribution >= 0.6 is 11.3 Å². The number of urea groups is 1. The molecule has 142 valence electrons. The molecule has 1 fully saturated rings. The lowest BCUT2D eigenvalue weighted by Crippen LogP contribution is -2.39. The lowest BCUT2D eigenvalue weighted by atomic mass is 10.2. The summed E-state index contributed by atoms with van der Waals surface area (Å²) in [5.74, 6) is 0.928. The van der Waals surface area contributed by atoms with Crippen LogP contribution < -0.4 is 5.32 Å². The molecule has 0 spiro atoms. The van der Waals surface area contributed by atoms with Gasteiger partial charge in [0.1, 0.15) is 11.3 Å². The van der Waals surface area contributed by atoms with Crippen LogP contribution in [0.2, 0.25) is 0 Å². The van der Waals surface area contributed by atoms with E-state index in [4.69, 9.17) is 9.72 Å². The van der Waals surface area contributed by atoms with Crippen LogP contribution in [0.5, 0.6) is 0 Å². The number of imidazole rings is 1. The van der Waals surface area contributed by atoms with Crippen molar-refractivity contribution >= 4 is 28.5 Å². The zero-order valence-corrected chi connectivity index (χ0v) is 16.1. The monoisotopic (exact) mass is 385 g/mol. The Labute approximate surface area is 162 Å². The van der Waals surface area contributed by atoms with Gasteiger partial charge >= 0.3 is 6.03 Å². The molecule has 0 saturated carbocycles. The van der Waals surface area contributed by atoms with E-state index in [-0.39, 0.29) is 12.1 Å². The number of ether oxygens (including phenoxy) is 1. The summed E-state index contributed by atoms with van der Waals surface area (Å²) in [5, 5.41) is 7.13. The number of aromatic nitrogens is 3. The van der Waals surface area contributed by atoms with Crippen LogP contribution in [-0.4, -0.2) is 58.8 Å². The van der Waals surface area contributed by atoms with Crippen LogP contribution in [0.3, 0.4) is 0 Å². The van der Waals surface area contributed by atoms with E-state index in [1.165, 1.54) is 0 Å². The topological polar surface area (TPSA) is 72.3 Å². The molecule has 1 aliphatic heterocycles. The Hall–Kier alpha value is -2.45. The van der Waals surface area contributed by atoms with Crippen molar-refractivity contribution < 1.29 is 9.53 Å². The predicted octanol–water partition coefficient (Wildman–Crippen LogP) is 3.15. The molecule has 4 rings (SSSR count). The predicted molar refractivity (Wildman–Crippen MR) is 106 cm³/mol. The van der Waals surface area contributed by atoms with Crippen LogP contribution in [0.25, 0.3) is 22.6 Å². The summed E-state index contributed by atoms with van der Waals surface area (Å²) in [6, 6.07) is 6.14. The van der Waals surface area contributed by atoms with Gasteiger partial charge in [0.05, 0.1) is 6.04 Å². The molecule has 1 aliphatic rings. The van der Waals surface area contributed by atoms with E-state index in [9.17, 15) is 4.79 Å². The number of likely N-dealkylation sites (tertiary alicyclic amines) is 1. The second-order valence-corrected chi connectivity index (χ2v) is 7.41. The van der Waals surface area contributed by atoms with Gasteiger partial charge in [-0.25, -0.2) is 14.8 Å².